The third kappa shape index (κ3) is 10.8. The van der Waals surface area contributed by atoms with Crippen molar-refractivity contribution in [2.45, 2.75) is 90.1 Å². The summed E-state index contributed by atoms with van der Waals surface area (Å²) in [5.74, 6) is -0.441. The summed E-state index contributed by atoms with van der Waals surface area (Å²) < 4.78 is 9.55. The molecule has 0 radical (unpaired) electrons. The molecule has 0 spiro atoms. The molecule has 0 saturated heterocycles. The van der Waals surface area contributed by atoms with Gasteiger partial charge in [0.25, 0.3) is 0 Å². The molecular weight excluding hydrogens is 332 g/mol. The number of rotatable bonds is 15. The molecule has 0 aromatic heterocycles. The van der Waals surface area contributed by atoms with Crippen LogP contribution in [0.2, 0.25) is 0 Å². The van der Waals surface area contributed by atoms with Gasteiger partial charge in [-0.25, -0.2) is 0 Å². The average molecular weight is 373 g/mol. The van der Waals surface area contributed by atoms with Crippen molar-refractivity contribution in [1.82, 2.24) is 10.6 Å². The van der Waals surface area contributed by atoms with Gasteiger partial charge in [-0.3, -0.25) is 9.59 Å². The van der Waals surface area contributed by atoms with E-state index in [0.717, 1.165) is 25.9 Å². The molecule has 0 bridgehead atoms. The Kier molecular flexibility index (Phi) is 12.5. The van der Waals surface area contributed by atoms with Gasteiger partial charge in [-0.2, -0.15) is 0 Å². The maximum Gasteiger partial charge on any atom is 0.325 e. The van der Waals surface area contributed by atoms with Crippen LogP contribution in [0.15, 0.2) is 0 Å². The molecule has 0 unspecified atom stereocenters. The highest BCUT2D eigenvalue weighted by Gasteiger charge is 2.27. The number of carbonyl (C=O) groups excluding carboxylic acids is 2. The van der Waals surface area contributed by atoms with Crippen molar-refractivity contribution in [3.05, 3.63) is 0 Å². The second kappa shape index (κ2) is 13.1. The Morgan fingerprint density at radius 3 is 1.15 bits per heavy atom. The van der Waals surface area contributed by atoms with Crippen LogP contribution in [-0.4, -0.2) is 50.3 Å². The summed E-state index contributed by atoms with van der Waals surface area (Å²) in [6, 6.07) is 0. The molecule has 0 amide bonds. The van der Waals surface area contributed by atoms with Gasteiger partial charge < -0.3 is 20.1 Å². The molecule has 0 heterocycles. The Morgan fingerprint density at radius 1 is 0.615 bits per heavy atom. The fourth-order valence-electron chi connectivity index (χ4n) is 2.77. The number of hydrogen-bond acceptors (Lipinski definition) is 6. The van der Waals surface area contributed by atoms with Crippen LogP contribution in [0.3, 0.4) is 0 Å². The molecule has 0 aliphatic heterocycles. The first kappa shape index (κ1) is 24.9. The summed E-state index contributed by atoms with van der Waals surface area (Å²) >= 11 is 0. The fourth-order valence-corrected chi connectivity index (χ4v) is 2.77. The van der Waals surface area contributed by atoms with Crippen LogP contribution in [0.1, 0.15) is 79.1 Å². The SMILES string of the molecule is COC(=O)C(C)(C)NCCCCCCCCCCNC(C)(C)C(=O)OC. The van der Waals surface area contributed by atoms with Gasteiger partial charge in [-0.15, -0.1) is 0 Å². The normalized spacial score (nSPS) is 12.1. The van der Waals surface area contributed by atoms with E-state index in [-0.39, 0.29) is 11.9 Å². The minimum atomic E-state index is -0.606. The zero-order chi connectivity index (χ0) is 20.1. The number of ether oxygens (including phenoxy) is 2. The van der Waals surface area contributed by atoms with E-state index in [2.05, 4.69) is 10.6 Å². The molecule has 6 nitrogen and oxygen atoms in total. The summed E-state index contributed by atoms with van der Waals surface area (Å²) in [6.07, 6.45) is 9.48. The van der Waals surface area contributed by atoms with E-state index in [1.165, 1.54) is 52.7 Å². The van der Waals surface area contributed by atoms with Crippen LogP contribution in [-0.2, 0) is 19.1 Å². The van der Waals surface area contributed by atoms with Gasteiger partial charge in [0.05, 0.1) is 14.2 Å². The predicted octanol–water partition coefficient (Wildman–Crippen LogP) is 3.19. The highest BCUT2D eigenvalue weighted by atomic mass is 16.5. The lowest BCUT2D eigenvalue weighted by Gasteiger charge is -2.23. The van der Waals surface area contributed by atoms with E-state index in [1.54, 1.807) is 0 Å². The highest BCUT2D eigenvalue weighted by Crippen LogP contribution is 2.10. The molecule has 0 aromatic rings. The van der Waals surface area contributed by atoms with Crippen molar-refractivity contribution < 1.29 is 19.1 Å². The van der Waals surface area contributed by atoms with Gasteiger partial charge in [-0.05, 0) is 53.6 Å². The van der Waals surface area contributed by atoms with Crippen molar-refractivity contribution in [3.63, 3.8) is 0 Å². The minimum Gasteiger partial charge on any atom is -0.468 e. The number of nitrogens with one attached hydrogen (secondary N) is 2. The predicted molar refractivity (Wildman–Crippen MR) is 105 cm³/mol. The van der Waals surface area contributed by atoms with E-state index in [9.17, 15) is 9.59 Å². The monoisotopic (exact) mass is 372 g/mol. The molecule has 26 heavy (non-hydrogen) atoms. The highest BCUT2D eigenvalue weighted by molar-refractivity contribution is 5.80. The first-order valence-corrected chi connectivity index (χ1v) is 9.84. The largest absolute Gasteiger partial charge is 0.468 e. The number of unbranched alkanes of at least 4 members (excludes halogenated alkanes) is 7. The number of methoxy groups -OCH3 is 2. The van der Waals surface area contributed by atoms with Crippen molar-refractivity contribution >= 4 is 11.9 Å². The van der Waals surface area contributed by atoms with Crippen molar-refractivity contribution in [2.75, 3.05) is 27.3 Å². The molecule has 0 aliphatic rings. The van der Waals surface area contributed by atoms with E-state index in [4.69, 9.17) is 9.47 Å². The summed E-state index contributed by atoms with van der Waals surface area (Å²) in [5.41, 5.74) is -1.21. The maximum absolute atomic E-state index is 11.5. The Morgan fingerprint density at radius 2 is 0.885 bits per heavy atom. The lowest BCUT2D eigenvalue weighted by atomic mass is 10.0. The zero-order valence-electron chi connectivity index (χ0n) is 17.7. The van der Waals surface area contributed by atoms with Gasteiger partial charge in [-0.1, -0.05) is 38.5 Å². The molecule has 0 fully saturated rings. The third-order valence-corrected chi connectivity index (χ3v) is 4.63. The summed E-state index contributed by atoms with van der Waals surface area (Å²) in [7, 11) is 2.84. The van der Waals surface area contributed by atoms with Gasteiger partial charge in [0, 0.05) is 0 Å². The smallest absolute Gasteiger partial charge is 0.325 e. The molecule has 154 valence electrons. The zero-order valence-corrected chi connectivity index (χ0v) is 17.7. The summed E-state index contributed by atoms with van der Waals surface area (Å²) in [6.45, 7) is 9.06. The van der Waals surface area contributed by atoms with Gasteiger partial charge in [0.15, 0.2) is 0 Å². The molecule has 0 aromatic carbocycles. The van der Waals surface area contributed by atoms with Crippen LogP contribution in [0.5, 0.6) is 0 Å². The Balaban J connectivity index is 3.47. The number of hydrogen-bond donors (Lipinski definition) is 2. The topological polar surface area (TPSA) is 76.7 Å². The van der Waals surface area contributed by atoms with E-state index in [0.29, 0.717) is 0 Å². The second-order valence-electron chi connectivity index (χ2n) is 7.92. The van der Waals surface area contributed by atoms with Gasteiger partial charge in [0.2, 0.25) is 0 Å². The molecular formula is C20H40N2O4. The van der Waals surface area contributed by atoms with E-state index < -0.39 is 11.1 Å². The van der Waals surface area contributed by atoms with E-state index in [1.807, 2.05) is 27.7 Å². The number of esters is 2. The number of carbonyl (C=O) groups is 2. The fraction of sp³-hybridized carbons (Fsp3) is 0.900. The van der Waals surface area contributed by atoms with Crippen LogP contribution in [0, 0.1) is 0 Å². The molecule has 0 aliphatic carbocycles. The average Bonchev–Trinajstić information content (AvgIpc) is 2.60. The molecule has 0 atom stereocenters. The first-order chi connectivity index (χ1) is 12.2. The lowest BCUT2D eigenvalue weighted by Crippen LogP contribution is -2.47. The Bertz CT molecular complexity index is 371. The van der Waals surface area contributed by atoms with Crippen molar-refractivity contribution in [3.8, 4) is 0 Å². The van der Waals surface area contributed by atoms with Crippen LogP contribution in [0.25, 0.3) is 0 Å². The van der Waals surface area contributed by atoms with Gasteiger partial charge >= 0.3 is 11.9 Å². The van der Waals surface area contributed by atoms with Crippen molar-refractivity contribution in [2.24, 2.45) is 0 Å². The van der Waals surface area contributed by atoms with Crippen molar-refractivity contribution in [1.29, 1.82) is 0 Å². The Labute approximate surface area is 159 Å². The quantitative estimate of drug-likeness (QED) is 0.340. The molecule has 0 saturated carbocycles. The molecule has 0 rings (SSSR count). The standard InChI is InChI=1S/C20H40N2O4/c1-19(2,17(23)25-5)21-15-13-11-9-7-8-10-12-14-16-22-20(3,4)18(24)26-6/h21-22H,7-16H2,1-6H3. The lowest BCUT2D eigenvalue weighted by molar-refractivity contribution is -0.147. The molecule has 2 N–H and O–H groups in total. The molecule has 6 heteroatoms. The first-order valence-electron chi connectivity index (χ1n) is 9.84. The summed E-state index contributed by atoms with van der Waals surface area (Å²) in [5, 5.41) is 6.49. The van der Waals surface area contributed by atoms with Crippen LogP contribution in [0.4, 0.5) is 0 Å². The van der Waals surface area contributed by atoms with E-state index >= 15 is 0 Å². The van der Waals surface area contributed by atoms with Crippen LogP contribution < -0.4 is 10.6 Å². The maximum atomic E-state index is 11.5. The Hall–Kier alpha value is -1.14. The van der Waals surface area contributed by atoms with Gasteiger partial charge in [0.1, 0.15) is 11.1 Å². The minimum absolute atomic E-state index is 0.220. The van der Waals surface area contributed by atoms with Crippen LogP contribution >= 0.6 is 0 Å². The third-order valence-electron chi connectivity index (χ3n) is 4.63. The summed E-state index contributed by atoms with van der Waals surface area (Å²) in [4.78, 5) is 23.1. The second-order valence-corrected chi connectivity index (χ2v) is 7.92.